The van der Waals surface area contributed by atoms with Gasteiger partial charge in [-0.15, -0.1) is 11.3 Å². The highest BCUT2D eigenvalue weighted by Crippen LogP contribution is 2.27. The van der Waals surface area contributed by atoms with Gasteiger partial charge < -0.3 is 15.1 Å². The zero-order valence-corrected chi connectivity index (χ0v) is 12.1. The second-order valence-electron chi connectivity index (χ2n) is 4.35. The molecular formula is C13H11F3N2O3S. The highest BCUT2D eigenvalue weighted by Gasteiger charge is 2.28. The molecule has 0 aliphatic rings. The third-order valence-corrected chi connectivity index (χ3v) is 3.71. The Morgan fingerprint density at radius 3 is 2.64 bits per heavy atom. The van der Waals surface area contributed by atoms with E-state index in [0.717, 1.165) is 11.3 Å². The lowest BCUT2D eigenvalue weighted by molar-refractivity contribution is -0.123. The van der Waals surface area contributed by atoms with Gasteiger partial charge in [-0.1, -0.05) is 0 Å². The summed E-state index contributed by atoms with van der Waals surface area (Å²) in [6.45, 7) is 0.165. The molecule has 0 radical (unpaired) electrons. The normalized spacial score (nSPS) is 11.3. The first-order valence-electron chi connectivity index (χ1n) is 6.06. The Labute approximate surface area is 127 Å². The molecule has 5 nitrogen and oxygen atoms in total. The number of alkyl halides is 3. The Kier molecular flexibility index (Phi) is 4.55. The number of hydrogen-bond acceptors (Lipinski definition) is 4. The summed E-state index contributed by atoms with van der Waals surface area (Å²) in [6.07, 6.45) is -3.14. The number of thiophene rings is 1. The van der Waals surface area contributed by atoms with Crippen molar-refractivity contribution in [1.29, 1.82) is 0 Å². The molecule has 0 aromatic carbocycles. The highest BCUT2D eigenvalue weighted by molar-refractivity contribution is 7.18. The number of amides is 2. The van der Waals surface area contributed by atoms with Crippen LogP contribution in [0, 0.1) is 6.92 Å². The number of nitrogens with one attached hydrogen (secondary N) is 2. The molecule has 0 aliphatic carbocycles. The van der Waals surface area contributed by atoms with Crippen molar-refractivity contribution >= 4 is 28.2 Å². The molecule has 118 valence electrons. The van der Waals surface area contributed by atoms with E-state index in [4.69, 9.17) is 4.42 Å². The molecule has 0 atom stereocenters. The van der Waals surface area contributed by atoms with Gasteiger partial charge in [0.25, 0.3) is 11.8 Å². The Bertz CT molecular complexity index is 677. The number of carbonyl (C=O) groups excluding carboxylic acids is 2. The lowest BCUT2D eigenvalue weighted by atomic mass is 10.3. The number of anilines is 1. The fourth-order valence-electron chi connectivity index (χ4n) is 1.61. The number of aryl methyl sites for hydroxylation is 1. The van der Waals surface area contributed by atoms with Crippen LogP contribution < -0.4 is 10.6 Å². The van der Waals surface area contributed by atoms with Crippen molar-refractivity contribution in [3.8, 4) is 0 Å². The van der Waals surface area contributed by atoms with Crippen LogP contribution in [0.1, 0.15) is 25.8 Å². The maximum absolute atomic E-state index is 12.1. The number of carbonyl (C=O) groups is 2. The van der Waals surface area contributed by atoms with E-state index in [9.17, 15) is 22.8 Å². The SMILES string of the molecule is Cc1cc(NC(=O)c2ccco2)sc1C(=O)NCC(F)(F)F. The molecule has 0 saturated carbocycles. The predicted molar refractivity (Wildman–Crippen MR) is 74.1 cm³/mol. The first-order chi connectivity index (χ1) is 10.3. The predicted octanol–water partition coefficient (Wildman–Crippen LogP) is 3.19. The van der Waals surface area contributed by atoms with Crippen LogP contribution in [0.5, 0.6) is 0 Å². The number of furan rings is 1. The summed E-state index contributed by atoms with van der Waals surface area (Å²) in [4.78, 5) is 23.6. The van der Waals surface area contributed by atoms with Crippen molar-refractivity contribution < 1.29 is 27.2 Å². The van der Waals surface area contributed by atoms with Gasteiger partial charge in [0.1, 0.15) is 6.54 Å². The number of halogens is 3. The van der Waals surface area contributed by atoms with E-state index in [1.807, 2.05) is 0 Å². The van der Waals surface area contributed by atoms with Crippen LogP contribution >= 0.6 is 11.3 Å². The maximum atomic E-state index is 12.1. The Hall–Kier alpha value is -2.29. The fourth-order valence-corrected chi connectivity index (χ4v) is 2.60. The minimum Gasteiger partial charge on any atom is -0.459 e. The molecule has 0 unspecified atom stereocenters. The fraction of sp³-hybridized carbons (Fsp3) is 0.231. The van der Waals surface area contributed by atoms with Crippen molar-refractivity contribution in [2.75, 3.05) is 11.9 Å². The molecule has 9 heteroatoms. The van der Waals surface area contributed by atoms with Crippen LogP contribution in [0.2, 0.25) is 0 Å². The van der Waals surface area contributed by atoms with Crippen LogP contribution in [0.15, 0.2) is 28.9 Å². The summed E-state index contributed by atoms with van der Waals surface area (Å²) >= 11 is 0.891. The van der Waals surface area contributed by atoms with E-state index >= 15 is 0 Å². The first kappa shape index (κ1) is 16.1. The topological polar surface area (TPSA) is 71.3 Å². The molecule has 2 aromatic heterocycles. The quantitative estimate of drug-likeness (QED) is 0.903. The summed E-state index contributed by atoms with van der Waals surface area (Å²) in [5, 5.41) is 4.65. The van der Waals surface area contributed by atoms with Crippen LogP contribution in [-0.4, -0.2) is 24.5 Å². The average Bonchev–Trinajstić information content (AvgIpc) is 3.04. The zero-order valence-electron chi connectivity index (χ0n) is 11.3. The lowest BCUT2D eigenvalue weighted by Gasteiger charge is -2.07. The maximum Gasteiger partial charge on any atom is 0.405 e. The van der Waals surface area contributed by atoms with Gasteiger partial charge in [-0.25, -0.2) is 0 Å². The first-order valence-corrected chi connectivity index (χ1v) is 6.88. The number of rotatable bonds is 4. The monoisotopic (exact) mass is 332 g/mol. The van der Waals surface area contributed by atoms with Crippen molar-refractivity contribution in [3.63, 3.8) is 0 Å². The van der Waals surface area contributed by atoms with Gasteiger partial charge in [-0.2, -0.15) is 13.2 Å². The molecule has 0 bridgehead atoms. The molecule has 2 N–H and O–H groups in total. The number of hydrogen-bond donors (Lipinski definition) is 2. The zero-order chi connectivity index (χ0) is 16.3. The second-order valence-corrected chi connectivity index (χ2v) is 5.40. The third kappa shape index (κ3) is 4.10. The lowest BCUT2D eigenvalue weighted by Crippen LogP contribution is -2.33. The Balaban J connectivity index is 2.05. The van der Waals surface area contributed by atoms with Gasteiger partial charge in [0.15, 0.2) is 5.76 Å². The summed E-state index contributed by atoms with van der Waals surface area (Å²) in [5.41, 5.74) is 0.472. The molecule has 0 saturated heterocycles. The Morgan fingerprint density at radius 2 is 2.05 bits per heavy atom. The minimum absolute atomic E-state index is 0.0918. The molecule has 2 aromatic rings. The molecule has 2 rings (SSSR count). The smallest absolute Gasteiger partial charge is 0.405 e. The second kappa shape index (κ2) is 6.22. The van der Waals surface area contributed by atoms with Crippen LogP contribution in [0.4, 0.5) is 18.2 Å². The summed E-state index contributed by atoms with van der Waals surface area (Å²) < 4.78 is 41.2. The van der Waals surface area contributed by atoms with Crippen LogP contribution in [0.3, 0.4) is 0 Å². The molecule has 2 amide bonds. The minimum atomic E-state index is -4.48. The Morgan fingerprint density at radius 1 is 1.32 bits per heavy atom. The van der Waals surface area contributed by atoms with E-state index in [2.05, 4.69) is 5.32 Å². The van der Waals surface area contributed by atoms with Gasteiger partial charge in [0, 0.05) is 0 Å². The van der Waals surface area contributed by atoms with Crippen molar-refractivity contribution in [2.45, 2.75) is 13.1 Å². The van der Waals surface area contributed by atoms with Crippen LogP contribution in [-0.2, 0) is 0 Å². The summed E-state index contributed by atoms with van der Waals surface area (Å²) in [6, 6.07) is 4.52. The summed E-state index contributed by atoms with van der Waals surface area (Å²) in [5.74, 6) is -1.25. The molecule has 0 aliphatic heterocycles. The molecule has 0 spiro atoms. The largest absolute Gasteiger partial charge is 0.459 e. The van der Waals surface area contributed by atoms with Gasteiger partial charge in [0.2, 0.25) is 0 Å². The molecular weight excluding hydrogens is 321 g/mol. The van der Waals surface area contributed by atoms with E-state index in [0.29, 0.717) is 10.6 Å². The van der Waals surface area contributed by atoms with E-state index in [-0.39, 0.29) is 10.6 Å². The van der Waals surface area contributed by atoms with Crippen molar-refractivity contribution in [2.24, 2.45) is 0 Å². The van der Waals surface area contributed by atoms with Gasteiger partial charge in [-0.05, 0) is 30.7 Å². The molecule has 0 fully saturated rings. The van der Waals surface area contributed by atoms with E-state index in [1.165, 1.54) is 18.4 Å². The van der Waals surface area contributed by atoms with Crippen molar-refractivity contribution in [3.05, 3.63) is 40.7 Å². The van der Waals surface area contributed by atoms with E-state index in [1.54, 1.807) is 18.3 Å². The van der Waals surface area contributed by atoms with Crippen LogP contribution in [0.25, 0.3) is 0 Å². The van der Waals surface area contributed by atoms with Gasteiger partial charge in [-0.3, -0.25) is 9.59 Å². The van der Waals surface area contributed by atoms with Gasteiger partial charge in [0.05, 0.1) is 16.1 Å². The van der Waals surface area contributed by atoms with Crippen molar-refractivity contribution in [1.82, 2.24) is 5.32 Å². The van der Waals surface area contributed by atoms with Gasteiger partial charge >= 0.3 is 6.18 Å². The molecule has 22 heavy (non-hydrogen) atoms. The third-order valence-electron chi connectivity index (χ3n) is 2.56. The van der Waals surface area contributed by atoms with E-state index < -0.39 is 24.5 Å². The average molecular weight is 332 g/mol. The highest BCUT2D eigenvalue weighted by atomic mass is 32.1. The standard InChI is InChI=1S/C13H11F3N2O3S/c1-7-5-9(18-11(19)8-3-2-4-21-8)22-10(7)12(20)17-6-13(14,15)16/h2-5H,6H2,1H3,(H,17,20)(H,18,19). The molecule has 2 heterocycles. The summed E-state index contributed by atoms with van der Waals surface area (Å²) in [7, 11) is 0.